The normalized spacial score (nSPS) is 10.1. The van der Waals surface area contributed by atoms with E-state index in [4.69, 9.17) is 0 Å². The number of hydrogen-bond donors (Lipinski definition) is 1. The molecule has 0 heterocycles. The van der Waals surface area contributed by atoms with Gasteiger partial charge in [-0.15, -0.1) is 0 Å². The van der Waals surface area contributed by atoms with E-state index in [1.807, 2.05) is 26.0 Å². The van der Waals surface area contributed by atoms with Crippen LogP contribution in [0.4, 0.5) is 0 Å². The molecular weight excluding hydrogens is 308 g/mol. The zero-order valence-electron chi connectivity index (χ0n) is 11.3. The molecule has 5 heteroatoms. The van der Waals surface area contributed by atoms with E-state index in [1.165, 1.54) is 0 Å². The third kappa shape index (κ3) is 4.67. The lowest BCUT2D eigenvalue weighted by Crippen LogP contribution is -2.34. The van der Waals surface area contributed by atoms with Crippen molar-refractivity contribution < 1.29 is 9.59 Å². The first kappa shape index (κ1) is 15.7. The van der Waals surface area contributed by atoms with Gasteiger partial charge in [0.1, 0.15) is 0 Å². The molecule has 0 bridgehead atoms. The highest BCUT2D eigenvalue weighted by atomic mass is 79.9. The quantitative estimate of drug-likeness (QED) is 0.872. The van der Waals surface area contributed by atoms with Crippen LogP contribution in [0.5, 0.6) is 0 Å². The Morgan fingerprint density at radius 1 is 1.21 bits per heavy atom. The van der Waals surface area contributed by atoms with Gasteiger partial charge in [-0.3, -0.25) is 9.59 Å². The molecule has 0 aliphatic rings. The lowest BCUT2D eigenvalue weighted by atomic mass is 10.2. The molecule has 0 fully saturated rings. The largest absolute Gasteiger partial charge is 0.351 e. The number of amides is 2. The fourth-order valence-corrected chi connectivity index (χ4v) is 2.22. The summed E-state index contributed by atoms with van der Waals surface area (Å²) in [5.41, 5.74) is 0.581. The SMILES string of the molecule is CCN(CC)C(=O)CCNC(=O)c1ccccc1Br. The summed E-state index contributed by atoms with van der Waals surface area (Å²) in [7, 11) is 0. The molecule has 4 nitrogen and oxygen atoms in total. The van der Waals surface area contributed by atoms with Crippen molar-refractivity contribution in [1.29, 1.82) is 0 Å². The standard InChI is InChI=1S/C14H19BrN2O2/c1-3-17(4-2)13(18)9-10-16-14(19)11-7-5-6-8-12(11)15/h5-8H,3-4,9-10H2,1-2H3,(H,16,19). The highest BCUT2D eigenvalue weighted by Gasteiger charge is 2.11. The minimum Gasteiger partial charge on any atom is -0.351 e. The maximum absolute atomic E-state index is 11.9. The van der Waals surface area contributed by atoms with Gasteiger partial charge in [-0.2, -0.15) is 0 Å². The summed E-state index contributed by atoms with van der Waals surface area (Å²) in [6.07, 6.45) is 0.331. The van der Waals surface area contributed by atoms with Gasteiger partial charge in [0.05, 0.1) is 5.56 Å². The Morgan fingerprint density at radius 3 is 2.42 bits per heavy atom. The van der Waals surface area contributed by atoms with Gasteiger partial charge in [0, 0.05) is 30.5 Å². The minimum absolute atomic E-state index is 0.0671. The number of carbonyl (C=O) groups excluding carboxylic acids is 2. The summed E-state index contributed by atoms with van der Waals surface area (Å²) in [6, 6.07) is 7.22. The zero-order chi connectivity index (χ0) is 14.3. The Bertz CT molecular complexity index is 445. The van der Waals surface area contributed by atoms with Gasteiger partial charge in [-0.05, 0) is 41.9 Å². The van der Waals surface area contributed by atoms with Crippen molar-refractivity contribution in [2.45, 2.75) is 20.3 Å². The van der Waals surface area contributed by atoms with Crippen molar-refractivity contribution in [2.75, 3.05) is 19.6 Å². The second-order valence-electron chi connectivity index (χ2n) is 4.05. The first-order valence-corrected chi connectivity index (χ1v) is 7.19. The van der Waals surface area contributed by atoms with E-state index in [1.54, 1.807) is 17.0 Å². The summed E-state index contributed by atoms with van der Waals surface area (Å²) in [6.45, 7) is 5.65. The average molecular weight is 327 g/mol. The number of benzene rings is 1. The van der Waals surface area contributed by atoms with Crippen molar-refractivity contribution in [3.8, 4) is 0 Å². The Hall–Kier alpha value is -1.36. The van der Waals surface area contributed by atoms with Crippen LogP contribution in [-0.2, 0) is 4.79 Å². The number of nitrogens with zero attached hydrogens (tertiary/aromatic N) is 1. The first-order chi connectivity index (χ1) is 9.10. The third-order valence-electron chi connectivity index (χ3n) is 2.86. The fourth-order valence-electron chi connectivity index (χ4n) is 1.76. The summed E-state index contributed by atoms with van der Waals surface area (Å²) >= 11 is 3.33. The lowest BCUT2D eigenvalue weighted by Gasteiger charge is -2.18. The minimum atomic E-state index is -0.167. The Balaban J connectivity index is 2.44. The topological polar surface area (TPSA) is 49.4 Å². The molecule has 2 amide bonds. The number of rotatable bonds is 6. The van der Waals surface area contributed by atoms with Crippen LogP contribution in [0.3, 0.4) is 0 Å². The molecule has 1 aromatic rings. The molecule has 1 aromatic carbocycles. The van der Waals surface area contributed by atoms with Crippen LogP contribution in [0.2, 0.25) is 0 Å². The highest BCUT2D eigenvalue weighted by Crippen LogP contribution is 2.15. The Morgan fingerprint density at radius 2 is 1.84 bits per heavy atom. The maximum Gasteiger partial charge on any atom is 0.252 e. The van der Waals surface area contributed by atoms with Gasteiger partial charge < -0.3 is 10.2 Å². The molecule has 1 rings (SSSR count). The summed E-state index contributed by atoms with van der Waals surface area (Å²) < 4.78 is 0.752. The van der Waals surface area contributed by atoms with Gasteiger partial charge >= 0.3 is 0 Å². The molecule has 0 radical (unpaired) electrons. The van der Waals surface area contributed by atoms with Crippen LogP contribution in [0.1, 0.15) is 30.6 Å². The molecule has 0 saturated heterocycles. The molecule has 0 aromatic heterocycles. The van der Waals surface area contributed by atoms with Crippen molar-refractivity contribution in [3.63, 3.8) is 0 Å². The molecule has 0 unspecified atom stereocenters. The second kappa shape index (κ2) is 7.94. The second-order valence-corrected chi connectivity index (χ2v) is 4.91. The van der Waals surface area contributed by atoms with E-state index in [2.05, 4.69) is 21.2 Å². The maximum atomic E-state index is 11.9. The van der Waals surface area contributed by atoms with Crippen LogP contribution in [-0.4, -0.2) is 36.3 Å². The Labute approximate surface area is 122 Å². The van der Waals surface area contributed by atoms with Gasteiger partial charge in [0.15, 0.2) is 0 Å². The number of carbonyl (C=O) groups is 2. The molecule has 104 valence electrons. The van der Waals surface area contributed by atoms with E-state index in [0.717, 1.165) is 4.47 Å². The monoisotopic (exact) mass is 326 g/mol. The van der Waals surface area contributed by atoms with Crippen molar-refractivity contribution in [2.24, 2.45) is 0 Å². The summed E-state index contributed by atoms with van der Waals surface area (Å²) in [5, 5.41) is 2.76. The van der Waals surface area contributed by atoms with Gasteiger partial charge in [-0.1, -0.05) is 12.1 Å². The number of halogens is 1. The van der Waals surface area contributed by atoms with Crippen LogP contribution in [0.15, 0.2) is 28.7 Å². The Kier molecular flexibility index (Phi) is 6.56. The molecule has 0 saturated carbocycles. The third-order valence-corrected chi connectivity index (χ3v) is 3.55. The van der Waals surface area contributed by atoms with Crippen molar-refractivity contribution >= 4 is 27.7 Å². The van der Waals surface area contributed by atoms with E-state index in [9.17, 15) is 9.59 Å². The summed E-state index contributed by atoms with van der Waals surface area (Å²) in [5.74, 6) is -0.0998. The molecule has 19 heavy (non-hydrogen) atoms. The van der Waals surface area contributed by atoms with Gasteiger partial charge in [0.25, 0.3) is 5.91 Å². The molecule has 0 spiro atoms. The average Bonchev–Trinajstić information content (AvgIpc) is 2.40. The number of nitrogens with one attached hydrogen (secondary N) is 1. The molecule has 0 aliphatic heterocycles. The van der Waals surface area contributed by atoms with Crippen molar-refractivity contribution in [3.05, 3.63) is 34.3 Å². The van der Waals surface area contributed by atoms with E-state index >= 15 is 0 Å². The van der Waals surface area contributed by atoms with Gasteiger partial charge in [0.2, 0.25) is 5.91 Å². The predicted molar refractivity (Wildman–Crippen MR) is 79.0 cm³/mol. The summed E-state index contributed by atoms with van der Waals surface area (Å²) in [4.78, 5) is 25.4. The van der Waals surface area contributed by atoms with Crippen LogP contribution in [0, 0.1) is 0 Å². The van der Waals surface area contributed by atoms with E-state index in [-0.39, 0.29) is 11.8 Å². The predicted octanol–water partition coefficient (Wildman–Crippen LogP) is 2.44. The van der Waals surface area contributed by atoms with E-state index in [0.29, 0.717) is 31.6 Å². The van der Waals surface area contributed by atoms with Crippen LogP contribution < -0.4 is 5.32 Å². The lowest BCUT2D eigenvalue weighted by molar-refractivity contribution is -0.130. The first-order valence-electron chi connectivity index (χ1n) is 6.40. The van der Waals surface area contributed by atoms with Crippen molar-refractivity contribution in [1.82, 2.24) is 10.2 Å². The molecule has 1 N–H and O–H groups in total. The van der Waals surface area contributed by atoms with Gasteiger partial charge in [-0.25, -0.2) is 0 Å². The fraction of sp³-hybridized carbons (Fsp3) is 0.429. The highest BCUT2D eigenvalue weighted by molar-refractivity contribution is 9.10. The molecule has 0 aliphatic carbocycles. The van der Waals surface area contributed by atoms with E-state index < -0.39 is 0 Å². The molecule has 0 atom stereocenters. The van der Waals surface area contributed by atoms with Crippen LogP contribution >= 0.6 is 15.9 Å². The molecular formula is C14H19BrN2O2. The number of hydrogen-bond acceptors (Lipinski definition) is 2. The van der Waals surface area contributed by atoms with Crippen LogP contribution in [0.25, 0.3) is 0 Å². The zero-order valence-corrected chi connectivity index (χ0v) is 12.9. The smallest absolute Gasteiger partial charge is 0.252 e.